The van der Waals surface area contributed by atoms with Gasteiger partial charge in [-0.2, -0.15) is 0 Å². The summed E-state index contributed by atoms with van der Waals surface area (Å²) in [5, 5.41) is 22.4. The van der Waals surface area contributed by atoms with Gasteiger partial charge in [0.25, 0.3) is 5.69 Å². The Kier molecular flexibility index (Phi) is 6.98. The monoisotopic (exact) mass is 252 g/mol. The van der Waals surface area contributed by atoms with Gasteiger partial charge >= 0.3 is 0 Å². The van der Waals surface area contributed by atoms with E-state index in [0.29, 0.717) is 0 Å². The highest BCUT2D eigenvalue weighted by atomic mass is 16.6. The van der Waals surface area contributed by atoms with Crippen molar-refractivity contribution in [3.05, 3.63) is 39.9 Å². The van der Waals surface area contributed by atoms with Crippen molar-refractivity contribution in [1.29, 1.82) is 0 Å². The normalized spacial score (nSPS) is 10.5. The van der Waals surface area contributed by atoms with Crippen LogP contribution in [0.3, 0.4) is 0 Å². The number of hydrogen-bond donors (Lipinski definition) is 2. The summed E-state index contributed by atoms with van der Waals surface area (Å²) in [6, 6.07) is 6.67. The van der Waals surface area contributed by atoms with Crippen LogP contribution in [0.2, 0.25) is 0 Å². The van der Waals surface area contributed by atoms with Gasteiger partial charge < -0.3 is 10.4 Å². The van der Waals surface area contributed by atoms with Crippen LogP contribution < -0.4 is 5.32 Å². The predicted octanol–water partition coefficient (Wildman–Crippen LogP) is 1.89. The molecular weight excluding hydrogens is 232 g/mol. The van der Waals surface area contributed by atoms with E-state index in [0.717, 1.165) is 44.3 Å². The maximum absolute atomic E-state index is 10.5. The van der Waals surface area contributed by atoms with Crippen molar-refractivity contribution in [3.63, 3.8) is 0 Å². The number of hydrogen-bond acceptors (Lipinski definition) is 4. The number of nitrogens with one attached hydrogen (secondary N) is 1. The highest BCUT2D eigenvalue weighted by molar-refractivity contribution is 5.32. The van der Waals surface area contributed by atoms with Gasteiger partial charge in [-0.1, -0.05) is 12.1 Å². The van der Waals surface area contributed by atoms with Gasteiger partial charge in [0.1, 0.15) is 0 Å². The first-order valence-electron chi connectivity index (χ1n) is 6.29. The minimum atomic E-state index is -0.386. The van der Waals surface area contributed by atoms with E-state index in [4.69, 9.17) is 5.11 Å². The molecule has 0 saturated heterocycles. The third-order valence-corrected chi connectivity index (χ3v) is 2.75. The van der Waals surface area contributed by atoms with E-state index < -0.39 is 0 Å². The van der Waals surface area contributed by atoms with E-state index in [-0.39, 0.29) is 17.2 Å². The fourth-order valence-corrected chi connectivity index (χ4v) is 1.68. The topological polar surface area (TPSA) is 75.4 Å². The molecule has 2 N–H and O–H groups in total. The lowest BCUT2D eigenvalue weighted by molar-refractivity contribution is -0.384. The van der Waals surface area contributed by atoms with Crippen LogP contribution in [0.25, 0.3) is 0 Å². The number of unbranched alkanes of at least 4 members (excludes halogenated alkanes) is 2. The molecule has 0 radical (unpaired) electrons. The van der Waals surface area contributed by atoms with E-state index in [2.05, 4.69) is 5.32 Å². The molecular formula is C13H20N2O3. The number of aliphatic hydroxyl groups excluding tert-OH is 1. The zero-order chi connectivity index (χ0) is 13.2. The first kappa shape index (κ1) is 14.6. The summed E-state index contributed by atoms with van der Waals surface area (Å²) in [5.41, 5.74) is 1.24. The lowest BCUT2D eigenvalue weighted by atomic mass is 10.1. The van der Waals surface area contributed by atoms with Crippen molar-refractivity contribution in [1.82, 2.24) is 5.32 Å². The van der Waals surface area contributed by atoms with Crippen molar-refractivity contribution in [2.24, 2.45) is 0 Å². The van der Waals surface area contributed by atoms with E-state index in [9.17, 15) is 10.1 Å². The third-order valence-electron chi connectivity index (χ3n) is 2.75. The minimum absolute atomic E-state index is 0.135. The van der Waals surface area contributed by atoms with Crippen LogP contribution in [0.4, 0.5) is 5.69 Å². The van der Waals surface area contributed by atoms with Crippen molar-refractivity contribution in [3.8, 4) is 0 Å². The van der Waals surface area contributed by atoms with Gasteiger partial charge in [-0.3, -0.25) is 10.1 Å². The second-order valence-corrected chi connectivity index (χ2v) is 4.21. The number of nitro benzene ring substituents is 1. The van der Waals surface area contributed by atoms with Gasteiger partial charge in [-0.25, -0.2) is 0 Å². The first-order valence-corrected chi connectivity index (χ1v) is 6.29. The summed E-state index contributed by atoms with van der Waals surface area (Å²) in [4.78, 5) is 10.1. The van der Waals surface area contributed by atoms with Crippen LogP contribution in [0.15, 0.2) is 24.3 Å². The molecule has 100 valence electrons. The molecule has 0 saturated carbocycles. The molecule has 18 heavy (non-hydrogen) atoms. The molecule has 1 aromatic carbocycles. The number of aliphatic hydroxyl groups is 1. The molecule has 1 rings (SSSR count). The van der Waals surface area contributed by atoms with Crippen molar-refractivity contribution in [2.75, 3.05) is 19.7 Å². The number of non-ortho nitro benzene ring substituents is 1. The molecule has 0 heterocycles. The van der Waals surface area contributed by atoms with Gasteiger partial charge in [0.2, 0.25) is 0 Å². The average molecular weight is 252 g/mol. The zero-order valence-corrected chi connectivity index (χ0v) is 10.5. The van der Waals surface area contributed by atoms with Crippen LogP contribution in [0.5, 0.6) is 0 Å². The highest BCUT2D eigenvalue weighted by Gasteiger charge is 2.03. The first-order chi connectivity index (χ1) is 8.74. The van der Waals surface area contributed by atoms with Gasteiger partial charge in [0.05, 0.1) is 4.92 Å². The molecule has 0 unspecified atom stereocenters. The number of nitrogens with zero attached hydrogens (tertiary/aromatic N) is 1. The molecule has 0 aliphatic rings. The quantitative estimate of drug-likeness (QED) is 0.400. The Bertz CT molecular complexity index is 352. The molecule has 0 aliphatic heterocycles. The molecule has 0 amide bonds. The molecule has 0 atom stereocenters. The Hall–Kier alpha value is -1.46. The van der Waals surface area contributed by atoms with Gasteiger partial charge in [0.15, 0.2) is 0 Å². The van der Waals surface area contributed by atoms with Crippen molar-refractivity contribution < 1.29 is 10.0 Å². The zero-order valence-electron chi connectivity index (χ0n) is 10.5. The van der Waals surface area contributed by atoms with Crippen LogP contribution in [0.1, 0.15) is 24.8 Å². The van der Waals surface area contributed by atoms with Crippen LogP contribution in [-0.4, -0.2) is 29.7 Å². The maximum Gasteiger partial charge on any atom is 0.269 e. The smallest absolute Gasteiger partial charge is 0.269 e. The second-order valence-electron chi connectivity index (χ2n) is 4.21. The van der Waals surface area contributed by atoms with E-state index >= 15 is 0 Å². The summed E-state index contributed by atoms with van der Waals surface area (Å²) >= 11 is 0. The molecule has 5 nitrogen and oxygen atoms in total. The maximum atomic E-state index is 10.5. The Labute approximate surface area is 107 Å². The van der Waals surface area contributed by atoms with Crippen molar-refractivity contribution >= 4 is 5.69 Å². The number of nitro groups is 1. The Morgan fingerprint density at radius 2 is 1.83 bits per heavy atom. The standard InChI is InChI=1S/C13H20N2O3/c16-11-3-1-2-9-14-10-8-12-4-6-13(7-5-12)15(17)18/h4-7,14,16H,1-3,8-11H2. The summed E-state index contributed by atoms with van der Waals surface area (Å²) < 4.78 is 0. The van der Waals surface area contributed by atoms with Crippen molar-refractivity contribution in [2.45, 2.75) is 25.7 Å². The lowest BCUT2D eigenvalue weighted by Gasteiger charge is -2.04. The summed E-state index contributed by atoms with van der Waals surface area (Å²) in [5.74, 6) is 0. The SMILES string of the molecule is O=[N+]([O-])c1ccc(CCNCCCCCO)cc1. The highest BCUT2D eigenvalue weighted by Crippen LogP contribution is 2.11. The largest absolute Gasteiger partial charge is 0.396 e. The average Bonchev–Trinajstić information content (AvgIpc) is 2.38. The van der Waals surface area contributed by atoms with Crippen LogP contribution >= 0.6 is 0 Å². The lowest BCUT2D eigenvalue weighted by Crippen LogP contribution is -2.18. The molecule has 0 bridgehead atoms. The van der Waals surface area contributed by atoms with Gasteiger partial charge in [-0.05, 0) is 44.3 Å². The van der Waals surface area contributed by atoms with E-state index in [1.165, 1.54) is 12.1 Å². The molecule has 0 aromatic heterocycles. The van der Waals surface area contributed by atoms with E-state index in [1.54, 1.807) is 12.1 Å². The number of rotatable bonds is 9. The Balaban J connectivity index is 2.14. The molecule has 0 aliphatic carbocycles. The van der Waals surface area contributed by atoms with Crippen LogP contribution in [0, 0.1) is 10.1 Å². The third kappa shape index (κ3) is 5.75. The predicted molar refractivity (Wildman–Crippen MR) is 70.6 cm³/mol. The van der Waals surface area contributed by atoms with Crippen LogP contribution in [-0.2, 0) is 6.42 Å². The Morgan fingerprint density at radius 1 is 1.11 bits per heavy atom. The second kappa shape index (κ2) is 8.60. The number of benzene rings is 1. The minimum Gasteiger partial charge on any atom is -0.396 e. The molecule has 0 spiro atoms. The molecule has 1 aromatic rings. The fourth-order valence-electron chi connectivity index (χ4n) is 1.68. The summed E-state index contributed by atoms with van der Waals surface area (Å²) in [7, 11) is 0. The molecule has 5 heteroatoms. The van der Waals surface area contributed by atoms with Gasteiger partial charge in [-0.15, -0.1) is 0 Å². The molecule has 0 fully saturated rings. The summed E-state index contributed by atoms with van der Waals surface area (Å²) in [6.07, 6.45) is 3.85. The Morgan fingerprint density at radius 3 is 2.44 bits per heavy atom. The fraction of sp³-hybridized carbons (Fsp3) is 0.538. The van der Waals surface area contributed by atoms with E-state index in [1.807, 2.05) is 0 Å². The summed E-state index contributed by atoms with van der Waals surface area (Å²) in [6.45, 7) is 2.09. The van der Waals surface area contributed by atoms with Gasteiger partial charge in [0, 0.05) is 18.7 Å².